The summed E-state index contributed by atoms with van der Waals surface area (Å²) in [5, 5.41) is 6.67. The lowest BCUT2D eigenvalue weighted by Gasteiger charge is -2.10. The van der Waals surface area contributed by atoms with Gasteiger partial charge in [0, 0.05) is 17.3 Å². The van der Waals surface area contributed by atoms with Gasteiger partial charge in [0.2, 0.25) is 0 Å². The van der Waals surface area contributed by atoms with Gasteiger partial charge in [0.15, 0.2) is 0 Å². The highest BCUT2D eigenvalue weighted by atomic mass is 35.5. The average molecular weight is 397 g/mol. The molecule has 0 aliphatic heterocycles. The van der Waals surface area contributed by atoms with Gasteiger partial charge in [0.1, 0.15) is 17.3 Å². The number of aromatic nitrogens is 2. The number of rotatable bonds is 7. The third-order valence-electron chi connectivity index (χ3n) is 4.25. The van der Waals surface area contributed by atoms with E-state index >= 15 is 0 Å². The quantitative estimate of drug-likeness (QED) is 0.627. The summed E-state index contributed by atoms with van der Waals surface area (Å²) >= 11 is 6.12. The minimum atomic E-state index is -0.263. The third-order valence-corrected chi connectivity index (χ3v) is 4.66. The second-order valence-electron chi connectivity index (χ2n) is 6.18. The Labute approximate surface area is 168 Å². The predicted molar refractivity (Wildman–Crippen MR) is 111 cm³/mol. The van der Waals surface area contributed by atoms with Crippen LogP contribution in [0.25, 0.3) is 0 Å². The first kappa shape index (κ1) is 19.6. The summed E-state index contributed by atoms with van der Waals surface area (Å²) in [6.45, 7) is 2.41. The zero-order chi connectivity index (χ0) is 19.9. The second kappa shape index (κ2) is 9.19. The van der Waals surface area contributed by atoms with Crippen LogP contribution in [-0.2, 0) is 6.42 Å². The number of halogens is 1. The molecule has 6 nitrogen and oxygen atoms in total. The minimum Gasteiger partial charge on any atom is -0.497 e. The molecule has 0 aliphatic rings. The van der Waals surface area contributed by atoms with Gasteiger partial charge in [-0.2, -0.15) is 0 Å². The Bertz CT molecular complexity index is 961. The third kappa shape index (κ3) is 4.98. The van der Waals surface area contributed by atoms with Gasteiger partial charge >= 0.3 is 0 Å². The number of methoxy groups -OCH3 is 1. The Morgan fingerprint density at radius 1 is 1.14 bits per heavy atom. The molecule has 1 heterocycles. The monoisotopic (exact) mass is 396 g/mol. The number of carbonyl (C=O) groups is 1. The van der Waals surface area contributed by atoms with Crippen molar-refractivity contribution in [2.45, 2.75) is 13.3 Å². The summed E-state index contributed by atoms with van der Waals surface area (Å²) in [5.74, 6) is 1.08. The van der Waals surface area contributed by atoms with Crippen LogP contribution < -0.4 is 15.4 Å². The Morgan fingerprint density at radius 2 is 1.96 bits per heavy atom. The van der Waals surface area contributed by atoms with Gasteiger partial charge < -0.3 is 15.4 Å². The van der Waals surface area contributed by atoms with Gasteiger partial charge in [-0.1, -0.05) is 29.8 Å². The van der Waals surface area contributed by atoms with Gasteiger partial charge in [0.25, 0.3) is 5.91 Å². The molecule has 0 bridgehead atoms. The number of benzene rings is 2. The fraction of sp³-hybridized carbons (Fsp3) is 0.190. The molecule has 0 saturated heterocycles. The van der Waals surface area contributed by atoms with Crippen LogP contribution >= 0.6 is 11.6 Å². The first-order chi connectivity index (χ1) is 13.6. The number of amides is 1. The lowest BCUT2D eigenvalue weighted by atomic mass is 10.1. The molecule has 3 aromatic rings. The number of nitrogens with one attached hydrogen (secondary N) is 2. The van der Waals surface area contributed by atoms with Crippen LogP contribution in [0.4, 0.5) is 11.5 Å². The first-order valence-corrected chi connectivity index (χ1v) is 9.20. The first-order valence-electron chi connectivity index (χ1n) is 8.82. The van der Waals surface area contributed by atoms with E-state index < -0.39 is 0 Å². The largest absolute Gasteiger partial charge is 0.497 e. The maximum absolute atomic E-state index is 12.3. The van der Waals surface area contributed by atoms with Crippen LogP contribution in [0.1, 0.15) is 21.6 Å². The van der Waals surface area contributed by atoms with E-state index in [-0.39, 0.29) is 11.6 Å². The number of hydrogen-bond acceptors (Lipinski definition) is 5. The molecule has 28 heavy (non-hydrogen) atoms. The standard InChI is InChI=1S/C21H21ClN4O2/c1-14-17(22)7-4-8-18(14)26-20-13-24-19(12-25-20)21(27)23-10-9-15-5-3-6-16(11-15)28-2/h3-8,11-13H,9-10H2,1-2H3,(H,23,27)(H,25,26). The molecule has 0 aliphatic carbocycles. The molecule has 0 spiro atoms. The van der Waals surface area contributed by atoms with Gasteiger partial charge in [-0.15, -0.1) is 0 Å². The Kier molecular flexibility index (Phi) is 6.45. The average Bonchev–Trinajstić information content (AvgIpc) is 2.72. The minimum absolute atomic E-state index is 0.263. The molecule has 1 amide bonds. The highest BCUT2D eigenvalue weighted by Gasteiger charge is 2.09. The molecule has 0 atom stereocenters. The van der Waals surface area contributed by atoms with Crippen LogP contribution in [0, 0.1) is 6.92 Å². The molecule has 3 rings (SSSR count). The normalized spacial score (nSPS) is 10.4. The van der Waals surface area contributed by atoms with Gasteiger partial charge in [0.05, 0.1) is 19.5 Å². The molecule has 0 fully saturated rings. The molecule has 2 aromatic carbocycles. The molecular formula is C21H21ClN4O2. The number of hydrogen-bond donors (Lipinski definition) is 2. The van der Waals surface area contributed by atoms with Gasteiger partial charge in [-0.05, 0) is 48.7 Å². The van der Waals surface area contributed by atoms with Crippen molar-refractivity contribution in [3.05, 3.63) is 76.7 Å². The van der Waals surface area contributed by atoms with Crippen LogP contribution in [-0.4, -0.2) is 29.5 Å². The second-order valence-corrected chi connectivity index (χ2v) is 6.59. The van der Waals surface area contributed by atoms with Crippen molar-refractivity contribution in [2.75, 3.05) is 19.0 Å². The molecule has 1 aromatic heterocycles. The summed E-state index contributed by atoms with van der Waals surface area (Å²) in [5.41, 5.74) is 3.11. The van der Waals surface area contributed by atoms with Crippen molar-refractivity contribution < 1.29 is 9.53 Å². The summed E-state index contributed by atoms with van der Waals surface area (Å²) in [6, 6.07) is 13.3. The van der Waals surface area contributed by atoms with Gasteiger partial charge in [-0.25, -0.2) is 9.97 Å². The van der Waals surface area contributed by atoms with E-state index in [9.17, 15) is 4.79 Å². The van der Waals surface area contributed by atoms with Crippen molar-refractivity contribution in [3.8, 4) is 5.75 Å². The highest BCUT2D eigenvalue weighted by Crippen LogP contribution is 2.25. The van der Waals surface area contributed by atoms with E-state index in [0.29, 0.717) is 23.8 Å². The van der Waals surface area contributed by atoms with E-state index in [1.807, 2.05) is 49.4 Å². The number of ether oxygens (including phenoxy) is 1. The predicted octanol–water partition coefficient (Wildman–Crippen LogP) is 4.16. The molecule has 7 heteroatoms. The lowest BCUT2D eigenvalue weighted by Crippen LogP contribution is -2.26. The van der Waals surface area contributed by atoms with Crippen molar-refractivity contribution in [3.63, 3.8) is 0 Å². The smallest absolute Gasteiger partial charge is 0.271 e. The van der Waals surface area contributed by atoms with E-state index in [2.05, 4.69) is 20.6 Å². The van der Waals surface area contributed by atoms with Crippen molar-refractivity contribution in [2.24, 2.45) is 0 Å². The number of nitrogens with zero attached hydrogens (tertiary/aromatic N) is 2. The summed E-state index contributed by atoms with van der Waals surface area (Å²) < 4.78 is 5.20. The van der Waals surface area contributed by atoms with Crippen LogP contribution in [0.2, 0.25) is 5.02 Å². The molecule has 144 valence electrons. The fourth-order valence-corrected chi connectivity index (χ4v) is 2.80. The van der Waals surface area contributed by atoms with E-state index in [4.69, 9.17) is 16.3 Å². The lowest BCUT2D eigenvalue weighted by molar-refractivity contribution is 0.0949. The Morgan fingerprint density at radius 3 is 2.71 bits per heavy atom. The summed E-state index contributed by atoms with van der Waals surface area (Å²) in [6.07, 6.45) is 3.67. The molecule has 0 radical (unpaired) electrons. The van der Waals surface area contributed by atoms with E-state index in [1.54, 1.807) is 7.11 Å². The summed E-state index contributed by atoms with van der Waals surface area (Å²) in [7, 11) is 1.63. The molecule has 0 saturated carbocycles. The van der Waals surface area contributed by atoms with E-state index in [1.165, 1.54) is 12.4 Å². The Hall–Kier alpha value is -3.12. The molecular weight excluding hydrogens is 376 g/mol. The van der Waals surface area contributed by atoms with Crippen LogP contribution in [0.15, 0.2) is 54.9 Å². The van der Waals surface area contributed by atoms with Crippen molar-refractivity contribution in [1.29, 1.82) is 0 Å². The topological polar surface area (TPSA) is 76.1 Å². The van der Waals surface area contributed by atoms with Gasteiger partial charge in [-0.3, -0.25) is 4.79 Å². The van der Waals surface area contributed by atoms with E-state index in [0.717, 1.165) is 22.6 Å². The highest BCUT2D eigenvalue weighted by molar-refractivity contribution is 6.31. The van der Waals surface area contributed by atoms with Crippen molar-refractivity contribution >= 4 is 29.0 Å². The fourth-order valence-electron chi connectivity index (χ4n) is 2.63. The zero-order valence-electron chi connectivity index (χ0n) is 15.7. The SMILES string of the molecule is COc1cccc(CCNC(=O)c2cnc(Nc3cccc(Cl)c3C)cn2)c1. The molecule has 0 unspecified atom stereocenters. The van der Waals surface area contributed by atoms with Crippen molar-refractivity contribution in [1.82, 2.24) is 15.3 Å². The zero-order valence-corrected chi connectivity index (χ0v) is 16.5. The Balaban J connectivity index is 1.55. The van der Waals surface area contributed by atoms with Crippen LogP contribution in [0.3, 0.4) is 0 Å². The maximum Gasteiger partial charge on any atom is 0.271 e. The van der Waals surface area contributed by atoms with Crippen LogP contribution in [0.5, 0.6) is 5.75 Å². The number of carbonyl (C=O) groups excluding carboxylic acids is 1. The number of anilines is 2. The summed E-state index contributed by atoms with van der Waals surface area (Å²) in [4.78, 5) is 20.7. The molecule has 2 N–H and O–H groups in total. The maximum atomic E-state index is 12.3.